The number of ether oxygens (including phenoxy) is 3. The number of hydrogen-bond acceptors (Lipinski definition) is 13. The molecule has 3 N–H and O–H groups in total. The summed E-state index contributed by atoms with van der Waals surface area (Å²) < 4.78 is 52.7. The number of nitrogens with zero attached hydrogens (tertiary/aromatic N) is 4. The molecule has 2 aliphatic carbocycles. The van der Waals surface area contributed by atoms with Gasteiger partial charge in [0.2, 0.25) is 21.7 Å². The van der Waals surface area contributed by atoms with E-state index in [1.54, 1.807) is 30.3 Å². The lowest BCUT2D eigenvalue weighted by Gasteiger charge is -2.59. The average molecular weight is 930 g/mol. The van der Waals surface area contributed by atoms with Crippen molar-refractivity contribution < 1.29 is 47.4 Å². The topological polar surface area (TPSA) is 202 Å². The number of allylic oxidation sites excluding steroid dienone is 1. The summed E-state index contributed by atoms with van der Waals surface area (Å²) in [7, 11) is -4.31. The molecule has 0 aromatic heterocycles. The molecule has 356 valence electrons. The number of carbonyl (C=O) groups excluding carboxylic acids is 1. The number of unbranched alkanes of at least 4 members (excludes halogenated alkanes) is 2. The first-order chi connectivity index (χ1) is 31.9. The summed E-state index contributed by atoms with van der Waals surface area (Å²) in [4.78, 5) is 31.2. The van der Waals surface area contributed by atoms with Crippen molar-refractivity contribution in [1.29, 1.82) is 0 Å². The molecule has 66 heavy (non-hydrogen) atoms. The number of benzene rings is 3. The first-order valence-electron chi connectivity index (χ1n) is 23.1. The maximum absolute atomic E-state index is 15.3. The van der Waals surface area contributed by atoms with Crippen LogP contribution in [0.15, 0.2) is 101 Å². The number of nitrogens with one attached hydrogen (secondary N) is 1. The molecule has 16 nitrogen and oxygen atoms in total. The number of aliphatic hydroxyl groups excluding tert-OH is 2. The molecule has 3 aromatic carbocycles. The quantitative estimate of drug-likeness (QED) is 0.0254. The third-order valence-corrected chi connectivity index (χ3v) is 14.9. The summed E-state index contributed by atoms with van der Waals surface area (Å²) in [5.74, 6) is -1.69. The van der Waals surface area contributed by atoms with E-state index in [0.29, 0.717) is 54.3 Å². The van der Waals surface area contributed by atoms with Gasteiger partial charge in [0.25, 0.3) is 5.69 Å². The highest BCUT2D eigenvalue weighted by Crippen LogP contribution is 2.62. The molecule has 1 saturated carbocycles. The van der Waals surface area contributed by atoms with Crippen LogP contribution in [-0.4, -0.2) is 109 Å². The molecule has 2 heterocycles. The number of nitro groups is 1. The summed E-state index contributed by atoms with van der Waals surface area (Å²) in [5, 5.41) is 38.9. The van der Waals surface area contributed by atoms with Crippen LogP contribution in [0.5, 0.6) is 11.5 Å². The van der Waals surface area contributed by atoms with Gasteiger partial charge in [0.1, 0.15) is 24.7 Å². The Hall–Kier alpha value is -5.17. The molecule has 2 aliphatic heterocycles. The molecule has 0 radical (unpaired) electrons. The fourth-order valence-corrected chi connectivity index (χ4v) is 11.6. The van der Waals surface area contributed by atoms with Crippen LogP contribution in [0, 0.1) is 27.9 Å². The highest BCUT2D eigenvalue weighted by molar-refractivity contribution is 7.89. The monoisotopic (exact) mass is 929 g/mol. The predicted molar refractivity (Wildman–Crippen MR) is 250 cm³/mol. The summed E-state index contributed by atoms with van der Waals surface area (Å²) >= 11 is 0. The minimum Gasteiger partial charge on any atom is -0.492 e. The van der Waals surface area contributed by atoms with Crippen LogP contribution in [0.25, 0.3) is 0 Å². The maximum atomic E-state index is 15.3. The fraction of sp³-hybridized carbons (Fsp3) is 0.510. The second-order valence-corrected chi connectivity index (χ2v) is 19.4. The number of fused-ring (bicyclic) bond motifs is 2. The smallest absolute Gasteiger partial charge is 0.269 e. The van der Waals surface area contributed by atoms with Gasteiger partial charge in [-0.1, -0.05) is 37.1 Å². The van der Waals surface area contributed by atoms with Crippen molar-refractivity contribution in [2.75, 3.05) is 57.9 Å². The molecule has 0 bridgehead atoms. The number of oxime groups is 1. The molecule has 7 rings (SSSR count). The minimum absolute atomic E-state index is 0.00949. The highest BCUT2D eigenvalue weighted by atomic mass is 32.2. The van der Waals surface area contributed by atoms with Gasteiger partial charge in [0.15, 0.2) is 0 Å². The standard InChI is InChI=1S/C49H63N5O11S/c1-4-22-53(66(60,61)40-19-14-37(15-20-40)50-34(3)57)46-32-44(51-64-33-35-12-16-38(17-13-35)54(58)59)42-30-36(10-6-8-26-55)41(11-7-9-27-56)47-43-31-39(62-29-25-52-23-24-52)18-21-45(43)65-49(46,48(42)47)63-28-5-2/h5,12-21,30-31,36,41,46-48,55-56H,2,4,6-11,22-29,32-33H2,1,3H3,(H,50,57). The normalized spacial score (nSPS) is 23.9. The fourth-order valence-electron chi connectivity index (χ4n) is 9.91. The van der Waals surface area contributed by atoms with Crippen molar-refractivity contribution in [3.63, 3.8) is 0 Å². The van der Waals surface area contributed by atoms with Crippen LogP contribution in [0.2, 0.25) is 0 Å². The van der Waals surface area contributed by atoms with E-state index < -0.39 is 32.7 Å². The van der Waals surface area contributed by atoms with E-state index in [1.807, 2.05) is 19.1 Å². The molecule has 3 aromatic rings. The molecular weight excluding hydrogens is 867 g/mol. The van der Waals surface area contributed by atoms with Gasteiger partial charge in [-0.15, -0.1) is 6.58 Å². The Morgan fingerprint density at radius 3 is 2.44 bits per heavy atom. The number of nitro benzene ring substituents is 1. The zero-order chi connectivity index (χ0) is 46.8. The van der Waals surface area contributed by atoms with Gasteiger partial charge in [0, 0.05) is 82.0 Å². The molecule has 4 aliphatic rings. The maximum Gasteiger partial charge on any atom is 0.269 e. The van der Waals surface area contributed by atoms with Crippen molar-refractivity contribution in [3.8, 4) is 11.5 Å². The predicted octanol–water partition coefficient (Wildman–Crippen LogP) is 7.18. The van der Waals surface area contributed by atoms with E-state index in [2.05, 4.69) is 28.9 Å². The Morgan fingerprint density at radius 2 is 1.79 bits per heavy atom. The third kappa shape index (κ3) is 11.0. The van der Waals surface area contributed by atoms with Gasteiger partial charge in [-0.05, 0) is 110 Å². The zero-order valence-corrected chi connectivity index (χ0v) is 38.7. The highest BCUT2D eigenvalue weighted by Gasteiger charge is 2.66. The Bertz CT molecular complexity index is 2340. The Kier molecular flexibility index (Phi) is 16.3. The molecular formula is C49H63N5O11S. The van der Waals surface area contributed by atoms with Crippen molar-refractivity contribution in [3.05, 3.63) is 112 Å². The van der Waals surface area contributed by atoms with E-state index in [9.17, 15) is 25.1 Å². The number of carbonyl (C=O) groups is 1. The minimum atomic E-state index is -4.31. The Balaban J connectivity index is 1.42. The van der Waals surface area contributed by atoms with Gasteiger partial charge in [0.05, 0.1) is 34.1 Å². The third-order valence-electron chi connectivity index (χ3n) is 13.0. The van der Waals surface area contributed by atoms with Gasteiger partial charge >= 0.3 is 0 Å². The Morgan fingerprint density at radius 1 is 1.06 bits per heavy atom. The van der Waals surface area contributed by atoms with Crippen LogP contribution in [0.1, 0.15) is 82.3 Å². The van der Waals surface area contributed by atoms with Crippen LogP contribution >= 0.6 is 0 Å². The van der Waals surface area contributed by atoms with E-state index in [4.69, 9.17) is 24.2 Å². The number of hydrogen-bond donors (Lipinski definition) is 3. The van der Waals surface area contributed by atoms with E-state index in [1.165, 1.54) is 35.5 Å². The summed E-state index contributed by atoms with van der Waals surface area (Å²) in [6.07, 6.45) is 8.54. The van der Waals surface area contributed by atoms with Gasteiger partial charge in [-0.25, -0.2) is 8.42 Å². The summed E-state index contributed by atoms with van der Waals surface area (Å²) in [6.45, 7) is 10.9. The van der Waals surface area contributed by atoms with Crippen molar-refractivity contribution >= 4 is 33.0 Å². The SMILES string of the molecule is C=CCOC12Oc3ccc(OCCN4CC4)cc3C3C(CCCCO)C(CCCCO)C=C(C(=NOCc4ccc([N+](=O)[O-])cc4)CC1N(CCC)S(=O)(=O)c1ccc(NC(C)=O)cc1)C32. The summed E-state index contributed by atoms with van der Waals surface area (Å²) in [6, 6.07) is 16.9. The van der Waals surface area contributed by atoms with Crippen LogP contribution in [0.3, 0.4) is 0 Å². The average Bonchev–Trinajstić information content (AvgIpc) is 4.14. The first-order valence-corrected chi connectivity index (χ1v) is 24.6. The number of aliphatic hydroxyl groups is 2. The molecule has 6 unspecified atom stereocenters. The number of sulfonamides is 1. The lowest BCUT2D eigenvalue weighted by Crippen LogP contribution is -2.70. The molecule has 1 amide bonds. The zero-order valence-electron chi connectivity index (χ0n) is 37.9. The van der Waals surface area contributed by atoms with Crippen LogP contribution in [0.4, 0.5) is 11.4 Å². The Labute approximate surface area is 387 Å². The first kappa shape index (κ1) is 48.8. The van der Waals surface area contributed by atoms with Crippen molar-refractivity contribution in [2.24, 2.45) is 22.9 Å². The molecule has 1 saturated heterocycles. The molecule has 0 spiro atoms. The van der Waals surface area contributed by atoms with Crippen LogP contribution < -0.4 is 14.8 Å². The van der Waals surface area contributed by atoms with E-state index in [0.717, 1.165) is 56.5 Å². The second kappa shape index (κ2) is 22.1. The van der Waals surface area contributed by atoms with Crippen molar-refractivity contribution in [2.45, 2.75) is 94.5 Å². The van der Waals surface area contributed by atoms with Crippen molar-refractivity contribution in [1.82, 2.24) is 9.21 Å². The molecule has 2 fully saturated rings. The number of anilines is 1. The number of amides is 1. The lowest BCUT2D eigenvalue weighted by molar-refractivity contribution is -0.384. The van der Waals surface area contributed by atoms with E-state index in [-0.39, 0.29) is 73.6 Å². The molecule has 17 heteroatoms. The van der Waals surface area contributed by atoms with Crippen LogP contribution in [-0.2, 0) is 31.0 Å². The number of non-ortho nitro benzene ring substituents is 1. The second-order valence-electron chi connectivity index (χ2n) is 17.5. The number of rotatable bonds is 25. The molecule has 6 atom stereocenters. The lowest BCUT2D eigenvalue weighted by atomic mass is 9.55. The summed E-state index contributed by atoms with van der Waals surface area (Å²) in [5.41, 5.74) is 3.28. The van der Waals surface area contributed by atoms with Gasteiger partial charge in [-0.2, -0.15) is 4.31 Å². The van der Waals surface area contributed by atoms with Gasteiger partial charge in [-0.3, -0.25) is 19.8 Å². The van der Waals surface area contributed by atoms with E-state index >= 15 is 8.42 Å². The van der Waals surface area contributed by atoms with Gasteiger partial charge < -0.3 is 34.6 Å². The largest absolute Gasteiger partial charge is 0.492 e.